The fraction of sp³-hybridized carbons (Fsp3) is 0.583. The number of carbonyl (C=O) groups is 1. The Kier molecular flexibility index (Phi) is 5.54. The Bertz CT molecular complexity index is 278. The smallest absolute Gasteiger partial charge is 0.408 e. The van der Waals surface area contributed by atoms with Crippen LogP contribution < -0.4 is 5.32 Å². The zero-order chi connectivity index (χ0) is 11.9. The number of hydrogen-bond donors (Lipinski definition) is 1. The monoisotopic (exact) mass is 209 g/mol. The van der Waals surface area contributed by atoms with Gasteiger partial charge in [-0.05, 0) is 34.1 Å². The maximum Gasteiger partial charge on any atom is 0.408 e. The molecule has 0 saturated carbocycles. The summed E-state index contributed by atoms with van der Waals surface area (Å²) in [6, 6.07) is -0.220. The van der Waals surface area contributed by atoms with Gasteiger partial charge in [-0.15, -0.1) is 12.5 Å². The van der Waals surface area contributed by atoms with Crippen LogP contribution in [0.3, 0.4) is 0 Å². The van der Waals surface area contributed by atoms with Crippen molar-refractivity contribution < 1.29 is 9.53 Å². The molecule has 3 heteroatoms. The van der Waals surface area contributed by atoms with E-state index in [-0.39, 0.29) is 6.04 Å². The average molecular weight is 209 g/mol. The molecular weight excluding hydrogens is 190 g/mol. The third kappa shape index (κ3) is 7.63. The van der Waals surface area contributed by atoms with Crippen molar-refractivity contribution in [3.8, 4) is 11.8 Å². The first-order valence-corrected chi connectivity index (χ1v) is 4.91. The summed E-state index contributed by atoms with van der Waals surface area (Å²) in [6.07, 6.45) is 1.88. The Hall–Kier alpha value is -1.43. The molecule has 0 aliphatic heterocycles. The molecule has 0 aliphatic carbocycles. The Balaban J connectivity index is 4.21. The summed E-state index contributed by atoms with van der Waals surface area (Å²) < 4.78 is 5.11. The molecule has 1 unspecified atom stereocenters. The van der Waals surface area contributed by atoms with Crippen molar-refractivity contribution in [2.75, 3.05) is 0 Å². The minimum absolute atomic E-state index is 0.220. The first-order valence-electron chi connectivity index (χ1n) is 4.91. The van der Waals surface area contributed by atoms with Crippen LogP contribution in [-0.4, -0.2) is 17.7 Å². The lowest BCUT2D eigenvalue weighted by molar-refractivity contribution is 0.0517. The van der Waals surface area contributed by atoms with Crippen LogP contribution in [0.25, 0.3) is 0 Å². The van der Waals surface area contributed by atoms with E-state index < -0.39 is 11.7 Å². The normalized spacial score (nSPS) is 12.0. The van der Waals surface area contributed by atoms with Crippen LogP contribution in [0.15, 0.2) is 12.7 Å². The standard InChI is InChI=1S/C12H19NO2/c1-6-8-10(9-7-2)13-11(14)15-12(3,4)5/h6,10H,1,8H2,2-5H3,(H,13,14). The molecule has 0 aromatic rings. The highest BCUT2D eigenvalue weighted by atomic mass is 16.6. The predicted molar refractivity (Wildman–Crippen MR) is 61.4 cm³/mol. The number of carbonyl (C=O) groups excluding carboxylic acids is 1. The van der Waals surface area contributed by atoms with Gasteiger partial charge in [0.05, 0.1) is 6.04 Å². The molecule has 0 bridgehead atoms. The van der Waals surface area contributed by atoms with E-state index in [0.29, 0.717) is 6.42 Å². The number of rotatable bonds is 3. The highest BCUT2D eigenvalue weighted by Crippen LogP contribution is 2.07. The molecule has 0 heterocycles. The van der Waals surface area contributed by atoms with Crippen LogP contribution in [0.1, 0.15) is 34.1 Å². The molecule has 1 N–H and O–H groups in total. The van der Waals surface area contributed by atoms with Gasteiger partial charge in [-0.2, -0.15) is 0 Å². The highest BCUT2D eigenvalue weighted by Gasteiger charge is 2.17. The lowest BCUT2D eigenvalue weighted by Gasteiger charge is -2.21. The van der Waals surface area contributed by atoms with E-state index >= 15 is 0 Å². The molecule has 1 amide bonds. The maximum absolute atomic E-state index is 11.4. The van der Waals surface area contributed by atoms with Gasteiger partial charge in [-0.1, -0.05) is 12.0 Å². The summed E-state index contributed by atoms with van der Waals surface area (Å²) in [4.78, 5) is 11.4. The fourth-order valence-electron chi connectivity index (χ4n) is 0.945. The van der Waals surface area contributed by atoms with E-state index in [0.717, 1.165) is 0 Å². The van der Waals surface area contributed by atoms with Gasteiger partial charge in [0, 0.05) is 0 Å². The Morgan fingerprint density at radius 1 is 1.60 bits per heavy atom. The van der Waals surface area contributed by atoms with Crippen LogP contribution in [0.5, 0.6) is 0 Å². The Labute approximate surface area is 91.9 Å². The van der Waals surface area contributed by atoms with Gasteiger partial charge in [-0.3, -0.25) is 0 Å². The SMILES string of the molecule is C=CCC(C#CC)NC(=O)OC(C)(C)C. The molecule has 0 spiro atoms. The van der Waals surface area contributed by atoms with Crippen molar-refractivity contribution in [3.63, 3.8) is 0 Å². The maximum atomic E-state index is 11.4. The number of alkyl carbamates (subject to hydrolysis) is 1. The van der Waals surface area contributed by atoms with Crippen molar-refractivity contribution in [3.05, 3.63) is 12.7 Å². The van der Waals surface area contributed by atoms with Gasteiger partial charge in [0.1, 0.15) is 5.60 Å². The molecule has 1 atom stereocenters. The zero-order valence-electron chi connectivity index (χ0n) is 9.89. The van der Waals surface area contributed by atoms with Gasteiger partial charge in [-0.25, -0.2) is 4.79 Å². The molecule has 0 rings (SSSR count). The van der Waals surface area contributed by atoms with Gasteiger partial charge in [0.2, 0.25) is 0 Å². The molecule has 0 aromatic heterocycles. The second kappa shape index (κ2) is 6.13. The second-order valence-corrected chi connectivity index (χ2v) is 4.12. The van der Waals surface area contributed by atoms with E-state index in [1.165, 1.54) is 0 Å². The first-order chi connectivity index (χ1) is 6.89. The van der Waals surface area contributed by atoms with Crippen molar-refractivity contribution in [2.24, 2.45) is 0 Å². The Morgan fingerprint density at radius 3 is 2.60 bits per heavy atom. The lowest BCUT2D eigenvalue weighted by atomic mass is 10.2. The van der Waals surface area contributed by atoms with E-state index in [1.54, 1.807) is 13.0 Å². The third-order valence-electron chi connectivity index (χ3n) is 1.41. The molecule has 3 nitrogen and oxygen atoms in total. The quantitative estimate of drug-likeness (QED) is 0.573. The summed E-state index contributed by atoms with van der Waals surface area (Å²) in [7, 11) is 0. The van der Waals surface area contributed by atoms with Crippen molar-refractivity contribution in [1.82, 2.24) is 5.32 Å². The topological polar surface area (TPSA) is 38.3 Å². The lowest BCUT2D eigenvalue weighted by Crippen LogP contribution is -2.38. The van der Waals surface area contributed by atoms with Crippen LogP contribution in [0, 0.1) is 11.8 Å². The van der Waals surface area contributed by atoms with E-state index in [4.69, 9.17) is 4.74 Å². The summed E-state index contributed by atoms with van der Waals surface area (Å²) in [5.41, 5.74) is -0.484. The zero-order valence-corrected chi connectivity index (χ0v) is 9.89. The minimum Gasteiger partial charge on any atom is -0.444 e. The molecule has 0 saturated heterocycles. The molecule has 0 radical (unpaired) electrons. The second-order valence-electron chi connectivity index (χ2n) is 4.12. The molecule has 0 fully saturated rings. The highest BCUT2D eigenvalue weighted by molar-refractivity contribution is 5.68. The van der Waals surface area contributed by atoms with Crippen LogP contribution >= 0.6 is 0 Å². The average Bonchev–Trinajstić information content (AvgIpc) is 2.00. The van der Waals surface area contributed by atoms with Crippen LogP contribution in [-0.2, 0) is 4.74 Å². The van der Waals surface area contributed by atoms with E-state index in [1.807, 2.05) is 20.8 Å². The third-order valence-corrected chi connectivity index (χ3v) is 1.41. The van der Waals surface area contributed by atoms with Crippen LogP contribution in [0.4, 0.5) is 4.79 Å². The minimum atomic E-state index is -0.484. The van der Waals surface area contributed by atoms with E-state index in [2.05, 4.69) is 23.7 Å². The summed E-state index contributed by atoms with van der Waals surface area (Å²) >= 11 is 0. The summed E-state index contributed by atoms with van der Waals surface area (Å²) in [5, 5.41) is 2.67. The largest absolute Gasteiger partial charge is 0.444 e. The molecule has 84 valence electrons. The van der Waals surface area contributed by atoms with E-state index in [9.17, 15) is 4.79 Å². The number of hydrogen-bond acceptors (Lipinski definition) is 2. The predicted octanol–water partition coefficient (Wildman–Crippen LogP) is 2.48. The van der Waals surface area contributed by atoms with Crippen LogP contribution in [0.2, 0.25) is 0 Å². The number of nitrogens with one attached hydrogen (secondary N) is 1. The fourth-order valence-corrected chi connectivity index (χ4v) is 0.945. The van der Waals surface area contributed by atoms with Crippen molar-refractivity contribution in [1.29, 1.82) is 0 Å². The van der Waals surface area contributed by atoms with Gasteiger partial charge in [0.15, 0.2) is 0 Å². The number of ether oxygens (including phenoxy) is 1. The molecule has 0 aromatic carbocycles. The van der Waals surface area contributed by atoms with Crippen molar-refractivity contribution in [2.45, 2.75) is 45.8 Å². The van der Waals surface area contributed by atoms with Gasteiger partial charge in [0.25, 0.3) is 0 Å². The summed E-state index contributed by atoms with van der Waals surface area (Å²) in [5.74, 6) is 5.62. The number of amides is 1. The first kappa shape index (κ1) is 13.6. The van der Waals surface area contributed by atoms with Crippen molar-refractivity contribution >= 4 is 6.09 Å². The Morgan fingerprint density at radius 2 is 2.20 bits per heavy atom. The molecule has 0 aliphatic rings. The van der Waals surface area contributed by atoms with Gasteiger partial charge >= 0.3 is 6.09 Å². The summed E-state index contributed by atoms with van der Waals surface area (Å²) in [6.45, 7) is 10.8. The molecule has 15 heavy (non-hydrogen) atoms. The molecular formula is C12H19NO2. The van der Waals surface area contributed by atoms with Gasteiger partial charge < -0.3 is 10.1 Å².